The van der Waals surface area contributed by atoms with Crippen molar-refractivity contribution >= 4 is 11.9 Å². The molecule has 1 aromatic carbocycles. The van der Waals surface area contributed by atoms with E-state index in [1.807, 2.05) is 6.07 Å². The maximum absolute atomic E-state index is 9.14. The summed E-state index contributed by atoms with van der Waals surface area (Å²) in [6.45, 7) is 3.93. The highest BCUT2D eigenvalue weighted by atomic mass is 16.3. The summed E-state index contributed by atoms with van der Waals surface area (Å²) in [5.74, 6) is 1.40. The number of hydrogen-bond donors (Lipinski definition) is 1. The van der Waals surface area contributed by atoms with E-state index in [1.165, 1.54) is 16.7 Å². The van der Waals surface area contributed by atoms with Crippen LogP contribution < -0.4 is 4.90 Å². The van der Waals surface area contributed by atoms with E-state index >= 15 is 0 Å². The summed E-state index contributed by atoms with van der Waals surface area (Å²) >= 11 is 0. The molecule has 0 unspecified atom stereocenters. The van der Waals surface area contributed by atoms with Gasteiger partial charge in [-0.1, -0.05) is 41.5 Å². The molecule has 114 valence electrons. The normalized spacial score (nSPS) is 15.0. The number of piperidine rings is 1. The summed E-state index contributed by atoms with van der Waals surface area (Å²) in [5, 5.41) is 9.14. The van der Waals surface area contributed by atoms with Gasteiger partial charge >= 0.3 is 0 Å². The van der Waals surface area contributed by atoms with Gasteiger partial charge < -0.3 is 10.0 Å². The molecule has 22 heavy (non-hydrogen) atoms. The maximum Gasteiger partial charge on any atom is 0.156 e. The van der Waals surface area contributed by atoms with Crippen LogP contribution in [0.1, 0.15) is 29.8 Å². The third-order valence-corrected chi connectivity index (χ3v) is 3.97. The van der Waals surface area contributed by atoms with E-state index < -0.39 is 0 Å². The van der Waals surface area contributed by atoms with E-state index in [-0.39, 0.29) is 6.61 Å². The molecule has 4 nitrogen and oxygen atoms in total. The summed E-state index contributed by atoms with van der Waals surface area (Å²) in [6, 6.07) is 10.5. The zero-order valence-corrected chi connectivity index (χ0v) is 12.9. The topological polar surface area (TPSA) is 49.2 Å². The van der Waals surface area contributed by atoms with Gasteiger partial charge in [0.15, 0.2) is 5.82 Å². The molecular formula is C18H21N3O. The lowest BCUT2D eigenvalue weighted by molar-refractivity contribution is 0.271. The van der Waals surface area contributed by atoms with E-state index in [0.717, 1.165) is 31.7 Å². The average Bonchev–Trinajstić information content (AvgIpc) is 2.56. The minimum Gasteiger partial charge on any atom is -0.388 e. The van der Waals surface area contributed by atoms with Crippen molar-refractivity contribution in [2.45, 2.75) is 26.4 Å². The number of rotatable bonds is 3. The predicted molar refractivity (Wildman–Crippen MR) is 88.6 cm³/mol. The molecule has 2 aromatic rings. The Hall–Kier alpha value is -2.20. The van der Waals surface area contributed by atoms with Gasteiger partial charge in [0.1, 0.15) is 12.4 Å². The molecule has 2 heterocycles. The van der Waals surface area contributed by atoms with Gasteiger partial charge in [-0.3, -0.25) is 0 Å². The predicted octanol–water partition coefficient (Wildman–Crippen LogP) is 2.96. The molecule has 4 heteroatoms. The van der Waals surface area contributed by atoms with Crippen LogP contribution in [0.4, 0.5) is 5.82 Å². The van der Waals surface area contributed by atoms with E-state index in [0.29, 0.717) is 5.82 Å². The van der Waals surface area contributed by atoms with Crippen molar-refractivity contribution in [3.05, 3.63) is 59.1 Å². The first-order valence-electron chi connectivity index (χ1n) is 7.68. The van der Waals surface area contributed by atoms with Gasteiger partial charge in [0, 0.05) is 19.3 Å². The molecule has 1 fully saturated rings. The van der Waals surface area contributed by atoms with Crippen LogP contribution in [0.2, 0.25) is 0 Å². The molecule has 0 aliphatic carbocycles. The van der Waals surface area contributed by atoms with Crippen molar-refractivity contribution < 1.29 is 5.11 Å². The van der Waals surface area contributed by atoms with Gasteiger partial charge in [-0.2, -0.15) is 0 Å². The molecule has 0 bridgehead atoms. The fourth-order valence-corrected chi connectivity index (χ4v) is 2.80. The molecule has 1 N–H and O–H groups in total. The van der Waals surface area contributed by atoms with Crippen LogP contribution in [0.5, 0.6) is 0 Å². The minimum absolute atomic E-state index is 0.111. The third kappa shape index (κ3) is 3.52. The van der Waals surface area contributed by atoms with Gasteiger partial charge in [0.25, 0.3) is 0 Å². The summed E-state index contributed by atoms with van der Waals surface area (Å²) in [6.07, 6.45) is 6.12. The highest BCUT2D eigenvalue weighted by Gasteiger charge is 2.15. The smallest absolute Gasteiger partial charge is 0.156 e. The highest BCUT2D eigenvalue weighted by Crippen LogP contribution is 2.23. The van der Waals surface area contributed by atoms with Crippen LogP contribution in [0.15, 0.2) is 42.1 Å². The monoisotopic (exact) mass is 295 g/mol. The number of aromatic nitrogens is 2. The van der Waals surface area contributed by atoms with Crippen LogP contribution in [-0.4, -0.2) is 28.2 Å². The van der Waals surface area contributed by atoms with Crippen molar-refractivity contribution in [3.63, 3.8) is 0 Å². The summed E-state index contributed by atoms with van der Waals surface area (Å²) < 4.78 is 0. The number of nitrogens with zero attached hydrogens (tertiary/aromatic N) is 3. The largest absolute Gasteiger partial charge is 0.388 e. The molecule has 1 aromatic heterocycles. The van der Waals surface area contributed by atoms with Gasteiger partial charge in [-0.05, 0) is 31.4 Å². The van der Waals surface area contributed by atoms with Crippen molar-refractivity contribution in [1.82, 2.24) is 9.97 Å². The van der Waals surface area contributed by atoms with Crippen molar-refractivity contribution in [2.75, 3.05) is 18.0 Å². The van der Waals surface area contributed by atoms with E-state index in [4.69, 9.17) is 5.11 Å². The summed E-state index contributed by atoms with van der Waals surface area (Å²) in [4.78, 5) is 10.7. The number of anilines is 1. The van der Waals surface area contributed by atoms with Gasteiger partial charge in [-0.25, -0.2) is 9.97 Å². The first-order valence-corrected chi connectivity index (χ1v) is 7.68. The lowest BCUT2D eigenvalue weighted by atomic mass is 10.0. The Morgan fingerprint density at radius 1 is 1.23 bits per heavy atom. The Morgan fingerprint density at radius 2 is 2.05 bits per heavy atom. The van der Waals surface area contributed by atoms with E-state index in [9.17, 15) is 0 Å². The molecule has 1 aliphatic rings. The molecule has 0 saturated carbocycles. The standard InChI is InChI=1S/C18H21N3O/c1-14-3-2-4-16(11-14)12-15-6-9-21(10-7-15)18-5-8-19-17(13-22)20-18/h2-5,8,11-12,22H,6-7,9-10,13H2,1H3. The van der Waals surface area contributed by atoms with Crippen LogP contribution >= 0.6 is 0 Å². The molecule has 0 radical (unpaired) electrons. The maximum atomic E-state index is 9.14. The van der Waals surface area contributed by atoms with Crippen LogP contribution in [0.3, 0.4) is 0 Å². The van der Waals surface area contributed by atoms with E-state index in [1.54, 1.807) is 6.20 Å². The Labute approximate surface area is 131 Å². The van der Waals surface area contributed by atoms with Crippen molar-refractivity contribution in [2.24, 2.45) is 0 Å². The first-order chi connectivity index (χ1) is 10.7. The molecule has 1 saturated heterocycles. The SMILES string of the molecule is Cc1cccc(C=C2CCN(c3ccnc(CO)n3)CC2)c1. The summed E-state index contributed by atoms with van der Waals surface area (Å²) in [5.41, 5.74) is 4.07. The Bertz CT molecular complexity index is 672. The Morgan fingerprint density at radius 3 is 2.77 bits per heavy atom. The van der Waals surface area contributed by atoms with Crippen LogP contribution in [0.25, 0.3) is 6.08 Å². The zero-order chi connectivity index (χ0) is 15.4. The van der Waals surface area contributed by atoms with Gasteiger partial charge in [-0.15, -0.1) is 0 Å². The lowest BCUT2D eigenvalue weighted by Gasteiger charge is -2.29. The third-order valence-electron chi connectivity index (χ3n) is 3.97. The Kier molecular flexibility index (Phi) is 4.49. The van der Waals surface area contributed by atoms with Crippen molar-refractivity contribution in [3.8, 4) is 0 Å². The number of aliphatic hydroxyl groups is 1. The van der Waals surface area contributed by atoms with Crippen molar-refractivity contribution in [1.29, 1.82) is 0 Å². The molecule has 3 rings (SSSR count). The molecular weight excluding hydrogens is 274 g/mol. The first kappa shape index (κ1) is 14.7. The lowest BCUT2D eigenvalue weighted by Crippen LogP contribution is -2.31. The highest BCUT2D eigenvalue weighted by molar-refractivity contribution is 5.55. The second-order valence-electron chi connectivity index (χ2n) is 5.69. The molecule has 0 spiro atoms. The molecule has 0 atom stereocenters. The number of aliphatic hydroxyl groups excluding tert-OH is 1. The second-order valence-corrected chi connectivity index (χ2v) is 5.69. The number of aryl methyl sites for hydroxylation is 1. The van der Waals surface area contributed by atoms with Gasteiger partial charge in [0.2, 0.25) is 0 Å². The second kappa shape index (κ2) is 6.71. The number of hydrogen-bond acceptors (Lipinski definition) is 4. The molecule has 0 amide bonds. The minimum atomic E-state index is -0.111. The van der Waals surface area contributed by atoms with Crippen LogP contribution in [0, 0.1) is 6.92 Å². The quantitative estimate of drug-likeness (QED) is 0.946. The van der Waals surface area contributed by atoms with Crippen LogP contribution in [-0.2, 0) is 6.61 Å². The zero-order valence-electron chi connectivity index (χ0n) is 12.9. The average molecular weight is 295 g/mol. The fraction of sp³-hybridized carbons (Fsp3) is 0.333. The molecule has 1 aliphatic heterocycles. The van der Waals surface area contributed by atoms with E-state index in [2.05, 4.69) is 52.1 Å². The Balaban J connectivity index is 1.67. The van der Waals surface area contributed by atoms with Gasteiger partial charge in [0.05, 0.1) is 0 Å². The fourth-order valence-electron chi connectivity index (χ4n) is 2.80. The number of benzene rings is 1. The summed E-state index contributed by atoms with van der Waals surface area (Å²) in [7, 11) is 0.